The first-order valence-corrected chi connectivity index (χ1v) is 9.13. The number of rotatable bonds is 5. The molecule has 4 rings (SSSR count). The zero-order chi connectivity index (χ0) is 15.6. The third-order valence-electron chi connectivity index (χ3n) is 5.49. The van der Waals surface area contributed by atoms with Gasteiger partial charge in [0.15, 0.2) is 0 Å². The smallest absolute Gasteiger partial charge is 0.317 e. The van der Waals surface area contributed by atoms with Crippen LogP contribution < -0.4 is 10.6 Å². The SMILES string of the molecule is O=C(NC1CC1)N1CCC(CNC2CC2c2ccccc2)CC1. The van der Waals surface area contributed by atoms with E-state index in [1.165, 1.54) is 12.0 Å². The highest BCUT2D eigenvalue weighted by Crippen LogP contribution is 2.40. The molecule has 2 saturated carbocycles. The number of piperidine rings is 1. The summed E-state index contributed by atoms with van der Waals surface area (Å²) in [5.74, 6) is 1.43. The molecule has 4 heteroatoms. The third-order valence-corrected chi connectivity index (χ3v) is 5.49. The molecule has 1 heterocycles. The molecule has 1 aromatic rings. The largest absolute Gasteiger partial charge is 0.335 e. The lowest BCUT2D eigenvalue weighted by Crippen LogP contribution is -2.46. The molecule has 124 valence electrons. The van der Waals surface area contributed by atoms with Crippen molar-refractivity contribution in [2.75, 3.05) is 19.6 Å². The third kappa shape index (κ3) is 3.86. The highest BCUT2D eigenvalue weighted by Gasteiger charge is 2.38. The summed E-state index contributed by atoms with van der Waals surface area (Å²) >= 11 is 0. The normalized spacial score (nSPS) is 27.7. The molecular weight excluding hydrogens is 286 g/mol. The van der Waals surface area contributed by atoms with Crippen molar-refractivity contribution in [2.24, 2.45) is 5.92 Å². The first-order chi connectivity index (χ1) is 11.3. The van der Waals surface area contributed by atoms with Crippen LogP contribution >= 0.6 is 0 Å². The molecule has 2 aliphatic carbocycles. The van der Waals surface area contributed by atoms with E-state index in [1.807, 2.05) is 4.90 Å². The maximum Gasteiger partial charge on any atom is 0.317 e. The number of urea groups is 1. The number of nitrogens with one attached hydrogen (secondary N) is 2. The Balaban J connectivity index is 1.15. The molecule has 0 bridgehead atoms. The molecule has 23 heavy (non-hydrogen) atoms. The van der Waals surface area contributed by atoms with Crippen LogP contribution in [0.15, 0.2) is 30.3 Å². The Hall–Kier alpha value is -1.55. The molecule has 3 fully saturated rings. The second-order valence-electron chi connectivity index (χ2n) is 7.42. The maximum atomic E-state index is 12.0. The number of amides is 2. The van der Waals surface area contributed by atoms with Crippen molar-refractivity contribution in [3.8, 4) is 0 Å². The predicted octanol–water partition coefficient (Wildman–Crippen LogP) is 2.72. The van der Waals surface area contributed by atoms with Gasteiger partial charge in [0.2, 0.25) is 0 Å². The van der Waals surface area contributed by atoms with Gasteiger partial charge >= 0.3 is 6.03 Å². The van der Waals surface area contributed by atoms with Gasteiger partial charge in [0.1, 0.15) is 0 Å². The summed E-state index contributed by atoms with van der Waals surface area (Å²) in [6.07, 6.45) is 5.86. The van der Waals surface area contributed by atoms with E-state index >= 15 is 0 Å². The lowest BCUT2D eigenvalue weighted by atomic mass is 9.97. The Kier molecular flexibility index (Phi) is 4.25. The van der Waals surface area contributed by atoms with Crippen LogP contribution in [-0.2, 0) is 0 Å². The number of carbonyl (C=O) groups excluding carboxylic acids is 1. The summed E-state index contributed by atoms with van der Waals surface area (Å²) < 4.78 is 0. The highest BCUT2D eigenvalue weighted by molar-refractivity contribution is 5.74. The predicted molar refractivity (Wildman–Crippen MR) is 91.4 cm³/mol. The van der Waals surface area contributed by atoms with E-state index in [0.29, 0.717) is 18.0 Å². The van der Waals surface area contributed by atoms with Crippen LogP contribution in [0.25, 0.3) is 0 Å². The quantitative estimate of drug-likeness (QED) is 0.878. The molecule has 0 spiro atoms. The second kappa shape index (κ2) is 6.52. The van der Waals surface area contributed by atoms with Crippen molar-refractivity contribution in [3.63, 3.8) is 0 Å². The molecule has 0 radical (unpaired) electrons. The van der Waals surface area contributed by atoms with Gasteiger partial charge in [0.25, 0.3) is 0 Å². The van der Waals surface area contributed by atoms with Gasteiger partial charge < -0.3 is 15.5 Å². The van der Waals surface area contributed by atoms with Gasteiger partial charge in [0, 0.05) is 31.1 Å². The van der Waals surface area contributed by atoms with Crippen LogP contribution in [0.5, 0.6) is 0 Å². The van der Waals surface area contributed by atoms with E-state index in [4.69, 9.17) is 0 Å². The number of hydrogen-bond donors (Lipinski definition) is 2. The Morgan fingerprint density at radius 2 is 1.83 bits per heavy atom. The summed E-state index contributed by atoms with van der Waals surface area (Å²) in [6.45, 7) is 2.93. The monoisotopic (exact) mass is 313 g/mol. The number of nitrogens with zero attached hydrogens (tertiary/aromatic N) is 1. The Morgan fingerprint density at radius 1 is 1.09 bits per heavy atom. The Bertz CT molecular complexity index is 535. The van der Waals surface area contributed by atoms with Crippen LogP contribution in [0.2, 0.25) is 0 Å². The van der Waals surface area contributed by atoms with Crippen LogP contribution in [0.3, 0.4) is 0 Å². The van der Waals surface area contributed by atoms with Crippen LogP contribution in [0, 0.1) is 5.92 Å². The van der Waals surface area contributed by atoms with Crippen LogP contribution in [0.1, 0.15) is 43.6 Å². The first-order valence-electron chi connectivity index (χ1n) is 9.13. The van der Waals surface area contributed by atoms with Gasteiger partial charge in [-0.1, -0.05) is 30.3 Å². The Morgan fingerprint density at radius 3 is 2.52 bits per heavy atom. The van der Waals surface area contributed by atoms with Crippen molar-refractivity contribution in [1.82, 2.24) is 15.5 Å². The van der Waals surface area contributed by atoms with Gasteiger partial charge in [-0.05, 0) is 50.1 Å². The van der Waals surface area contributed by atoms with Crippen LogP contribution in [-0.4, -0.2) is 42.6 Å². The van der Waals surface area contributed by atoms with Gasteiger partial charge in [0.05, 0.1) is 0 Å². The van der Waals surface area contributed by atoms with Crippen LogP contribution in [0.4, 0.5) is 4.79 Å². The van der Waals surface area contributed by atoms with E-state index in [2.05, 4.69) is 41.0 Å². The average molecular weight is 313 g/mol. The second-order valence-corrected chi connectivity index (χ2v) is 7.42. The van der Waals surface area contributed by atoms with E-state index in [0.717, 1.165) is 51.2 Å². The molecule has 2 unspecified atom stereocenters. The van der Waals surface area contributed by atoms with Crippen molar-refractivity contribution in [2.45, 2.75) is 50.1 Å². The summed E-state index contributed by atoms with van der Waals surface area (Å²) in [7, 11) is 0. The average Bonchev–Trinajstić information content (AvgIpc) is 3.50. The number of likely N-dealkylation sites (tertiary alicyclic amines) is 1. The number of hydrogen-bond acceptors (Lipinski definition) is 2. The lowest BCUT2D eigenvalue weighted by molar-refractivity contribution is 0.169. The standard InChI is InChI=1S/C19H27N3O/c23-19(21-16-6-7-16)22-10-8-14(9-11-22)13-20-18-12-17(18)15-4-2-1-3-5-15/h1-5,14,16-18,20H,6-13H2,(H,21,23). The van der Waals surface area contributed by atoms with Crippen molar-refractivity contribution in [3.05, 3.63) is 35.9 Å². The van der Waals surface area contributed by atoms with Gasteiger partial charge in [-0.3, -0.25) is 0 Å². The van der Waals surface area contributed by atoms with Crippen molar-refractivity contribution >= 4 is 6.03 Å². The minimum absolute atomic E-state index is 0.158. The molecule has 0 aromatic heterocycles. The Labute approximate surface area is 138 Å². The van der Waals surface area contributed by atoms with E-state index in [-0.39, 0.29) is 6.03 Å². The maximum absolute atomic E-state index is 12.0. The fourth-order valence-corrected chi connectivity index (χ4v) is 3.64. The molecule has 3 aliphatic rings. The zero-order valence-corrected chi connectivity index (χ0v) is 13.7. The summed E-state index contributed by atoms with van der Waals surface area (Å²) in [5.41, 5.74) is 1.47. The molecule has 1 saturated heterocycles. The number of carbonyl (C=O) groups is 1. The fourth-order valence-electron chi connectivity index (χ4n) is 3.64. The van der Waals surface area contributed by atoms with E-state index < -0.39 is 0 Å². The summed E-state index contributed by atoms with van der Waals surface area (Å²) in [6, 6.07) is 12.1. The van der Waals surface area contributed by atoms with Gasteiger partial charge in [-0.15, -0.1) is 0 Å². The summed E-state index contributed by atoms with van der Waals surface area (Å²) in [5, 5.41) is 6.84. The van der Waals surface area contributed by atoms with E-state index in [9.17, 15) is 4.79 Å². The minimum Gasteiger partial charge on any atom is -0.335 e. The molecule has 2 N–H and O–H groups in total. The minimum atomic E-state index is 0.158. The first kappa shape index (κ1) is 15.0. The molecule has 2 amide bonds. The highest BCUT2D eigenvalue weighted by atomic mass is 16.2. The number of benzene rings is 1. The molecule has 2 atom stereocenters. The van der Waals surface area contributed by atoms with Gasteiger partial charge in [-0.25, -0.2) is 4.79 Å². The molecule has 4 nitrogen and oxygen atoms in total. The molecular formula is C19H27N3O. The van der Waals surface area contributed by atoms with Crippen molar-refractivity contribution < 1.29 is 4.79 Å². The van der Waals surface area contributed by atoms with Gasteiger partial charge in [-0.2, -0.15) is 0 Å². The zero-order valence-electron chi connectivity index (χ0n) is 13.7. The lowest BCUT2D eigenvalue weighted by Gasteiger charge is -2.32. The summed E-state index contributed by atoms with van der Waals surface area (Å²) in [4.78, 5) is 14.0. The molecule has 1 aromatic carbocycles. The molecule has 1 aliphatic heterocycles. The van der Waals surface area contributed by atoms with E-state index in [1.54, 1.807) is 0 Å². The van der Waals surface area contributed by atoms with Crippen molar-refractivity contribution in [1.29, 1.82) is 0 Å². The fraction of sp³-hybridized carbons (Fsp3) is 0.632. The topological polar surface area (TPSA) is 44.4 Å².